The SMILES string of the molecule is CCOC(=O)C(C)NC1CCC(=O)N(C)C1. The van der Waals surface area contributed by atoms with Gasteiger partial charge < -0.3 is 15.0 Å². The van der Waals surface area contributed by atoms with E-state index in [1.54, 1.807) is 25.8 Å². The molecule has 16 heavy (non-hydrogen) atoms. The van der Waals surface area contributed by atoms with Crippen molar-refractivity contribution >= 4 is 11.9 Å². The van der Waals surface area contributed by atoms with Gasteiger partial charge in [-0.25, -0.2) is 0 Å². The van der Waals surface area contributed by atoms with Crippen LogP contribution in [0, 0.1) is 0 Å². The van der Waals surface area contributed by atoms with Crippen LogP contribution in [-0.4, -0.2) is 49.1 Å². The Bertz CT molecular complexity index is 268. The van der Waals surface area contributed by atoms with Crippen molar-refractivity contribution in [3.8, 4) is 0 Å². The summed E-state index contributed by atoms with van der Waals surface area (Å²) in [7, 11) is 1.78. The second-order valence-corrected chi connectivity index (χ2v) is 4.15. The van der Waals surface area contributed by atoms with Crippen LogP contribution in [0.4, 0.5) is 0 Å². The zero-order valence-electron chi connectivity index (χ0n) is 10.2. The maximum atomic E-state index is 11.4. The summed E-state index contributed by atoms with van der Waals surface area (Å²) >= 11 is 0. The molecule has 2 unspecified atom stereocenters. The van der Waals surface area contributed by atoms with Crippen LogP contribution in [0.1, 0.15) is 26.7 Å². The predicted octanol–water partition coefficient (Wildman–Crippen LogP) is 0.148. The smallest absolute Gasteiger partial charge is 0.322 e. The number of rotatable bonds is 4. The highest BCUT2D eigenvalue weighted by molar-refractivity contribution is 5.77. The van der Waals surface area contributed by atoms with Crippen LogP contribution in [-0.2, 0) is 14.3 Å². The third-order valence-corrected chi connectivity index (χ3v) is 2.75. The van der Waals surface area contributed by atoms with Gasteiger partial charge in [0.25, 0.3) is 0 Å². The molecule has 1 saturated heterocycles. The Morgan fingerprint density at radius 2 is 2.38 bits per heavy atom. The molecule has 0 aromatic carbocycles. The first-order valence-electron chi connectivity index (χ1n) is 5.71. The van der Waals surface area contributed by atoms with Crippen LogP contribution in [0.3, 0.4) is 0 Å². The van der Waals surface area contributed by atoms with Gasteiger partial charge in [0.05, 0.1) is 6.61 Å². The van der Waals surface area contributed by atoms with E-state index in [0.717, 1.165) is 6.42 Å². The number of carbonyl (C=O) groups is 2. The molecule has 2 atom stereocenters. The Labute approximate surface area is 96.1 Å². The number of ether oxygens (including phenoxy) is 1. The normalized spacial score (nSPS) is 23.1. The van der Waals surface area contributed by atoms with Gasteiger partial charge >= 0.3 is 5.97 Å². The molecule has 0 aromatic rings. The zero-order chi connectivity index (χ0) is 12.1. The van der Waals surface area contributed by atoms with Crippen LogP contribution < -0.4 is 5.32 Å². The van der Waals surface area contributed by atoms with E-state index >= 15 is 0 Å². The number of hydrogen-bond donors (Lipinski definition) is 1. The molecule has 0 saturated carbocycles. The molecule has 1 aliphatic heterocycles. The van der Waals surface area contributed by atoms with Crippen molar-refractivity contribution in [3.05, 3.63) is 0 Å². The minimum absolute atomic E-state index is 0.168. The lowest BCUT2D eigenvalue weighted by molar-refractivity contribution is -0.145. The maximum absolute atomic E-state index is 11.4. The molecular formula is C11H20N2O3. The van der Waals surface area contributed by atoms with E-state index in [2.05, 4.69) is 5.32 Å². The van der Waals surface area contributed by atoms with Crippen LogP contribution in [0.15, 0.2) is 0 Å². The molecular weight excluding hydrogens is 208 g/mol. The van der Waals surface area contributed by atoms with Crippen molar-refractivity contribution in [3.63, 3.8) is 0 Å². The molecule has 1 heterocycles. The summed E-state index contributed by atoms with van der Waals surface area (Å²) in [4.78, 5) is 24.4. The lowest BCUT2D eigenvalue weighted by Crippen LogP contribution is -2.51. The van der Waals surface area contributed by atoms with Gasteiger partial charge in [-0.05, 0) is 20.3 Å². The number of esters is 1. The summed E-state index contributed by atoms with van der Waals surface area (Å²) in [6.07, 6.45) is 1.33. The Kier molecular flexibility index (Phi) is 4.73. The van der Waals surface area contributed by atoms with Crippen molar-refractivity contribution in [2.45, 2.75) is 38.8 Å². The molecule has 92 valence electrons. The molecule has 5 heteroatoms. The number of nitrogens with one attached hydrogen (secondary N) is 1. The van der Waals surface area contributed by atoms with E-state index in [1.165, 1.54) is 0 Å². The highest BCUT2D eigenvalue weighted by atomic mass is 16.5. The number of hydrogen-bond acceptors (Lipinski definition) is 4. The summed E-state index contributed by atoms with van der Waals surface area (Å²) in [5.74, 6) is -0.0658. The number of likely N-dealkylation sites (N-methyl/N-ethyl adjacent to an activating group) is 1. The van der Waals surface area contributed by atoms with E-state index < -0.39 is 0 Å². The summed E-state index contributed by atoms with van der Waals surface area (Å²) in [6, 6.07) is -0.131. The molecule has 1 amide bonds. The Morgan fingerprint density at radius 1 is 1.69 bits per heavy atom. The van der Waals surface area contributed by atoms with Gasteiger partial charge in [0.2, 0.25) is 5.91 Å². The lowest BCUT2D eigenvalue weighted by atomic mass is 10.0. The Morgan fingerprint density at radius 3 is 2.94 bits per heavy atom. The fourth-order valence-corrected chi connectivity index (χ4v) is 1.84. The fourth-order valence-electron chi connectivity index (χ4n) is 1.84. The van der Waals surface area contributed by atoms with Crippen LogP contribution >= 0.6 is 0 Å². The Hall–Kier alpha value is -1.10. The van der Waals surface area contributed by atoms with Gasteiger partial charge in [0.1, 0.15) is 6.04 Å². The highest BCUT2D eigenvalue weighted by Gasteiger charge is 2.25. The summed E-state index contributed by atoms with van der Waals surface area (Å²) < 4.78 is 4.91. The van der Waals surface area contributed by atoms with Crippen molar-refractivity contribution in [1.82, 2.24) is 10.2 Å². The van der Waals surface area contributed by atoms with Crippen LogP contribution in [0.25, 0.3) is 0 Å². The van der Waals surface area contributed by atoms with Gasteiger partial charge in [-0.2, -0.15) is 0 Å². The number of amides is 1. The number of piperidine rings is 1. The largest absolute Gasteiger partial charge is 0.465 e. The standard InChI is InChI=1S/C11H20N2O3/c1-4-16-11(15)8(2)12-9-5-6-10(14)13(3)7-9/h8-9,12H,4-7H2,1-3H3. The number of nitrogens with zero attached hydrogens (tertiary/aromatic N) is 1. The van der Waals surface area contributed by atoms with E-state index in [1.807, 2.05) is 0 Å². The Balaban J connectivity index is 2.37. The van der Waals surface area contributed by atoms with Gasteiger partial charge in [-0.15, -0.1) is 0 Å². The number of carbonyl (C=O) groups excluding carboxylic acids is 2. The number of likely N-dealkylation sites (tertiary alicyclic amines) is 1. The third kappa shape index (κ3) is 3.48. The van der Waals surface area contributed by atoms with E-state index in [9.17, 15) is 9.59 Å². The quantitative estimate of drug-likeness (QED) is 0.696. The second kappa shape index (κ2) is 5.84. The molecule has 1 fully saturated rings. The van der Waals surface area contributed by atoms with E-state index in [4.69, 9.17) is 4.74 Å². The fraction of sp³-hybridized carbons (Fsp3) is 0.818. The molecule has 0 aromatic heterocycles. The minimum atomic E-state index is -0.313. The zero-order valence-corrected chi connectivity index (χ0v) is 10.2. The summed E-state index contributed by atoms with van der Waals surface area (Å²) in [5, 5.41) is 3.19. The minimum Gasteiger partial charge on any atom is -0.465 e. The summed E-state index contributed by atoms with van der Waals surface area (Å²) in [5.41, 5.74) is 0. The van der Waals surface area contributed by atoms with Crippen LogP contribution in [0.5, 0.6) is 0 Å². The molecule has 0 spiro atoms. The average Bonchev–Trinajstić information content (AvgIpc) is 2.24. The van der Waals surface area contributed by atoms with Crippen LogP contribution in [0.2, 0.25) is 0 Å². The van der Waals surface area contributed by atoms with E-state index in [-0.39, 0.29) is 24.0 Å². The maximum Gasteiger partial charge on any atom is 0.322 e. The predicted molar refractivity (Wildman–Crippen MR) is 59.9 cm³/mol. The third-order valence-electron chi connectivity index (χ3n) is 2.75. The molecule has 1 aliphatic rings. The molecule has 1 rings (SSSR count). The lowest BCUT2D eigenvalue weighted by Gasteiger charge is -2.31. The molecule has 0 aliphatic carbocycles. The first kappa shape index (κ1) is 13.0. The van der Waals surface area contributed by atoms with Gasteiger partial charge in [-0.3, -0.25) is 9.59 Å². The monoisotopic (exact) mass is 228 g/mol. The molecule has 1 N–H and O–H groups in total. The molecule has 5 nitrogen and oxygen atoms in total. The topological polar surface area (TPSA) is 58.6 Å². The summed E-state index contributed by atoms with van der Waals surface area (Å²) in [6.45, 7) is 4.63. The average molecular weight is 228 g/mol. The molecule has 0 radical (unpaired) electrons. The molecule has 0 bridgehead atoms. The van der Waals surface area contributed by atoms with Crippen molar-refractivity contribution in [1.29, 1.82) is 0 Å². The van der Waals surface area contributed by atoms with Gasteiger partial charge in [0, 0.05) is 26.1 Å². The highest BCUT2D eigenvalue weighted by Crippen LogP contribution is 2.10. The van der Waals surface area contributed by atoms with Crippen molar-refractivity contribution in [2.75, 3.05) is 20.2 Å². The van der Waals surface area contributed by atoms with Gasteiger partial charge in [-0.1, -0.05) is 0 Å². The van der Waals surface area contributed by atoms with E-state index in [0.29, 0.717) is 19.6 Å². The second-order valence-electron chi connectivity index (χ2n) is 4.15. The van der Waals surface area contributed by atoms with Crippen molar-refractivity contribution < 1.29 is 14.3 Å². The van der Waals surface area contributed by atoms with Gasteiger partial charge in [0.15, 0.2) is 0 Å². The first-order valence-corrected chi connectivity index (χ1v) is 5.71. The van der Waals surface area contributed by atoms with Crippen molar-refractivity contribution in [2.24, 2.45) is 0 Å². The first-order chi connectivity index (χ1) is 7.54.